The summed E-state index contributed by atoms with van der Waals surface area (Å²) in [6.45, 7) is 3.70. The Kier molecular flexibility index (Phi) is 3.54. The van der Waals surface area contributed by atoms with Gasteiger partial charge in [0, 0.05) is 30.9 Å². The van der Waals surface area contributed by atoms with Crippen molar-refractivity contribution in [1.29, 1.82) is 0 Å². The fraction of sp³-hybridized carbons (Fsp3) is 0.308. The van der Waals surface area contributed by atoms with Gasteiger partial charge in [-0.3, -0.25) is 4.68 Å². The third-order valence-corrected chi connectivity index (χ3v) is 2.63. The first-order chi connectivity index (χ1) is 8.20. The van der Waals surface area contributed by atoms with Gasteiger partial charge < -0.3 is 5.32 Å². The highest BCUT2D eigenvalue weighted by atomic mass is 19.1. The van der Waals surface area contributed by atoms with Crippen LogP contribution < -0.4 is 5.32 Å². The molecule has 0 atom stereocenters. The van der Waals surface area contributed by atoms with Crippen LogP contribution in [-0.4, -0.2) is 16.3 Å². The topological polar surface area (TPSA) is 29.9 Å². The van der Waals surface area contributed by atoms with Gasteiger partial charge in [0.1, 0.15) is 5.82 Å². The highest BCUT2D eigenvalue weighted by Gasteiger charge is 2.07. The summed E-state index contributed by atoms with van der Waals surface area (Å²) in [5, 5.41) is 7.28. The molecule has 0 saturated carbocycles. The van der Waals surface area contributed by atoms with Crippen LogP contribution in [-0.2, 0) is 13.6 Å². The molecule has 0 saturated heterocycles. The molecular formula is C13H16FN3. The molecule has 0 aliphatic rings. The zero-order valence-electron chi connectivity index (χ0n) is 10.1. The van der Waals surface area contributed by atoms with Gasteiger partial charge in [0.2, 0.25) is 0 Å². The first-order valence-electron chi connectivity index (χ1n) is 5.69. The van der Waals surface area contributed by atoms with Gasteiger partial charge in [0.15, 0.2) is 0 Å². The summed E-state index contributed by atoms with van der Waals surface area (Å²) in [6, 6.07) is 5.18. The molecule has 17 heavy (non-hydrogen) atoms. The number of hydrogen-bond acceptors (Lipinski definition) is 2. The number of hydrogen-bond donors (Lipinski definition) is 1. The van der Waals surface area contributed by atoms with Crippen LogP contribution in [0, 0.1) is 5.82 Å². The molecule has 0 fully saturated rings. The van der Waals surface area contributed by atoms with Crippen molar-refractivity contribution in [2.45, 2.75) is 13.5 Å². The van der Waals surface area contributed by atoms with E-state index in [0.29, 0.717) is 5.56 Å². The monoisotopic (exact) mass is 233 g/mol. The fourth-order valence-corrected chi connectivity index (χ4v) is 1.73. The molecule has 1 heterocycles. The molecular weight excluding hydrogens is 217 g/mol. The maximum absolute atomic E-state index is 13.7. The maximum atomic E-state index is 13.7. The predicted octanol–water partition coefficient (Wildman–Crippen LogP) is 2.34. The van der Waals surface area contributed by atoms with Gasteiger partial charge >= 0.3 is 0 Å². The molecule has 4 heteroatoms. The van der Waals surface area contributed by atoms with Crippen LogP contribution in [0.15, 0.2) is 30.6 Å². The van der Waals surface area contributed by atoms with Crippen molar-refractivity contribution >= 4 is 0 Å². The van der Waals surface area contributed by atoms with E-state index in [4.69, 9.17) is 0 Å². The summed E-state index contributed by atoms with van der Waals surface area (Å²) < 4.78 is 15.4. The summed E-state index contributed by atoms with van der Waals surface area (Å²) in [7, 11) is 1.82. The minimum Gasteiger partial charge on any atom is -0.313 e. The fourth-order valence-electron chi connectivity index (χ4n) is 1.73. The highest BCUT2D eigenvalue weighted by molar-refractivity contribution is 5.63. The molecule has 1 aromatic heterocycles. The molecule has 0 aliphatic heterocycles. The van der Waals surface area contributed by atoms with Crippen LogP contribution in [0.2, 0.25) is 0 Å². The second-order valence-corrected chi connectivity index (χ2v) is 4.00. The van der Waals surface area contributed by atoms with Crippen molar-refractivity contribution in [2.75, 3.05) is 6.54 Å². The first kappa shape index (κ1) is 11.8. The Morgan fingerprint density at radius 1 is 1.41 bits per heavy atom. The standard InChI is InChI=1S/C13H16FN3/c1-3-15-7-10-4-5-13(14)12(6-10)11-8-16-17(2)9-11/h4-6,8-9,15H,3,7H2,1-2H3. The Balaban J connectivity index is 2.32. The number of halogens is 1. The van der Waals surface area contributed by atoms with Gasteiger partial charge in [-0.05, 0) is 24.2 Å². The van der Waals surface area contributed by atoms with Crippen LogP contribution in [0.4, 0.5) is 4.39 Å². The van der Waals surface area contributed by atoms with Crippen LogP contribution in [0.25, 0.3) is 11.1 Å². The van der Waals surface area contributed by atoms with E-state index in [-0.39, 0.29) is 5.82 Å². The molecule has 3 nitrogen and oxygen atoms in total. The van der Waals surface area contributed by atoms with E-state index in [1.165, 1.54) is 6.07 Å². The summed E-state index contributed by atoms with van der Waals surface area (Å²) in [5.74, 6) is -0.210. The van der Waals surface area contributed by atoms with Crippen molar-refractivity contribution in [3.05, 3.63) is 42.0 Å². The Bertz CT molecular complexity index is 505. The number of benzene rings is 1. The van der Waals surface area contributed by atoms with Crippen LogP contribution >= 0.6 is 0 Å². The molecule has 2 aromatic rings. The van der Waals surface area contributed by atoms with Gasteiger partial charge in [-0.15, -0.1) is 0 Å². The Morgan fingerprint density at radius 3 is 2.88 bits per heavy atom. The molecule has 0 aliphatic carbocycles. The third-order valence-electron chi connectivity index (χ3n) is 2.63. The minimum atomic E-state index is -0.210. The van der Waals surface area contributed by atoms with E-state index in [9.17, 15) is 4.39 Å². The normalized spacial score (nSPS) is 10.8. The maximum Gasteiger partial charge on any atom is 0.131 e. The van der Waals surface area contributed by atoms with E-state index in [1.54, 1.807) is 16.9 Å². The number of aryl methyl sites for hydroxylation is 1. The third kappa shape index (κ3) is 2.71. The lowest BCUT2D eigenvalue weighted by molar-refractivity contribution is 0.629. The van der Waals surface area contributed by atoms with E-state index in [0.717, 1.165) is 24.2 Å². The molecule has 90 valence electrons. The van der Waals surface area contributed by atoms with Gasteiger partial charge in [0.25, 0.3) is 0 Å². The Hall–Kier alpha value is -1.68. The largest absolute Gasteiger partial charge is 0.313 e. The van der Waals surface area contributed by atoms with Gasteiger partial charge in [0.05, 0.1) is 6.20 Å². The summed E-state index contributed by atoms with van der Waals surface area (Å²) >= 11 is 0. The van der Waals surface area contributed by atoms with Crippen molar-refractivity contribution in [3.8, 4) is 11.1 Å². The average Bonchev–Trinajstić information content (AvgIpc) is 2.75. The predicted molar refractivity (Wildman–Crippen MR) is 66.0 cm³/mol. The molecule has 0 amide bonds. The summed E-state index contributed by atoms with van der Waals surface area (Å²) in [6.07, 6.45) is 3.49. The van der Waals surface area contributed by atoms with E-state index >= 15 is 0 Å². The number of rotatable bonds is 4. The molecule has 0 unspecified atom stereocenters. The van der Waals surface area contributed by atoms with Crippen molar-refractivity contribution in [1.82, 2.24) is 15.1 Å². The van der Waals surface area contributed by atoms with Gasteiger partial charge in [-0.1, -0.05) is 13.0 Å². The SMILES string of the molecule is CCNCc1ccc(F)c(-c2cnn(C)c2)c1. The van der Waals surface area contributed by atoms with Crippen LogP contribution in [0.1, 0.15) is 12.5 Å². The summed E-state index contributed by atoms with van der Waals surface area (Å²) in [4.78, 5) is 0. The second-order valence-electron chi connectivity index (χ2n) is 4.00. The van der Waals surface area contributed by atoms with E-state index in [2.05, 4.69) is 10.4 Å². The van der Waals surface area contributed by atoms with E-state index in [1.807, 2.05) is 26.2 Å². The Morgan fingerprint density at radius 2 is 2.24 bits per heavy atom. The molecule has 1 N–H and O–H groups in total. The lowest BCUT2D eigenvalue weighted by Gasteiger charge is -2.05. The van der Waals surface area contributed by atoms with Crippen molar-refractivity contribution < 1.29 is 4.39 Å². The molecule has 0 spiro atoms. The van der Waals surface area contributed by atoms with Gasteiger partial charge in [-0.2, -0.15) is 5.10 Å². The Labute approximate surface area is 100 Å². The minimum absolute atomic E-state index is 0.210. The molecule has 2 rings (SSSR count). The summed E-state index contributed by atoms with van der Waals surface area (Å²) in [5.41, 5.74) is 2.49. The first-order valence-corrected chi connectivity index (χ1v) is 5.69. The van der Waals surface area contributed by atoms with Crippen LogP contribution in [0.5, 0.6) is 0 Å². The van der Waals surface area contributed by atoms with Crippen LogP contribution in [0.3, 0.4) is 0 Å². The smallest absolute Gasteiger partial charge is 0.131 e. The number of nitrogens with one attached hydrogen (secondary N) is 1. The van der Waals surface area contributed by atoms with Gasteiger partial charge in [-0.25, -0.2) is 4.39 Å². The van der Waals surface area contributed by atoms with E-state index < -0.39 is 0 Å². The van der Waals surface area contributed by atoms with Crippen molar-refractivity contribution in [3.63, 3.8) is 0 Å². The molecule has 1 aromatic carbocycles. The highest BCUT2D eigenvalue weighted by Crippen LogP contribution is 2.23. The quantitative estimate of drug-likeness (QED) is 0.878. The molecule has 0 radical (unpaired) electrons. The number of aromatic nitrogens is 2. The van der Waals surface area contributed by atoms with Crippen molar-refractivity contribution in [2.24, 2.45) is 7.05 Å². The zero-order valence-corrected chi connectivity index (χ0v) is 10.1. The lowest BCUT2D eigenvalue weighted by Crippen LogP contribution is -2.11. The molecule has 0 bridgehead atoms. The lowest BCUT2D eigenvalue weighted by atomic mass is 10.1. The average molecular weight is 233 g/mol. The number of nitrogens with zero attached hydrogens (tertiary/aromatic N) is 2. The second kappa shape index (κ2) is 5.10. The zero-order chi connectivity index (χ0) is 12.3.